The van der Waals surface area contributed by atoms with E-state index in [1.165, 1.54) is 4.68 Å². The molecule has 0 amide bonds. The molecule has 4 nitrogen and oxygen atoms in total. The summed E-state index contributed by atoms with van der Waals surface area (Å²) in [4.78, 5) is 0. The molecule has 1 unspecified atom stereocenters. The molecule has 15 heavy (non-hydrogen) atoms. The van der Waals surface area contributed by atoms with Gasteiger partial charge in [-0.3, -0.25) is 0 Å². The third kappa shape index (κ3) is 2.68. The molecular weight excluding hydrogens is 197 g/mol. The van der Waals surface area contributed by atoms with E-state index >= 15 is 0 Å². The van der Waals surface area contributed by atoms with Crippen molar-refractivity contribution in [1.29, 1.82) is 0 Å². The van der Waals surface area contributed by atoms with Gasteiger partial charge in [-0.1, -0.05) is 20.3 Å². The quantitative estimate of drug-likeness (QED) is 0.775. The molecule has 0 spiro atoms. The van der Waals surface area contributed by atoms with Crippen molar-refractivity contribution < 1.29 is 9.50 Å². The van der Waals surface area contributed by atoms with Gasteiger partial charge in [0.2, 0.25) is 0 Å². The number of aromatic nitrogens is 2. The maximum absolute atomic E-state index is 13.6. The summed E-state index contributed by atoms with van der Waals surface area (Å²) < 4.78 is 14.9. The highest BCUT2D eigenvalue weighted by atomic mass is 19.1. The van der Waals surface area contributed by atoms with E-state index in [0.717, 1.165) is 6.42 Å². The van der Waals surface area contributed by atoms with Crippen LogP contribution >= 0.6 is 0 Å². The standard InChI is InChI=1S/C10H18FN3O/c1-3-7(2)6-8-9(11)10(12)14(13-8)4-5-15/h7,15H,3-6,12H2,1-2H3. The highest BCUT2D eigenvalue weighted by Crippen LogP contribution is 2.18. The van der Waals surface area contributed by atoms with Crippen LogP contribution in [0.1, 0.15) is 26.0 Å². The third-order valence-electron chi connectivity index (χ3n) is 2.55. The topological polar surface area (TPSA) is 64.1 Å². The second-order valence-corrected chi connectivity index (χ2v) is 3.81. The van der Waals surface area contributed by atoms with Gasteiger partial charge in [-0.2, -0.15) is 5.10 Å². The molecule has 86 valence electrons. The van der Waals surface area contributed by atoms with Crippen LogP contribution in [-0.4, -0.2) is 21.5 Å². The fourth-order valence-corrected chi connectivity index (χ4v) is 1.37. The Hall–Kier alpha value is -1.10. The number of hydrogen-bond donors (Lipinski definition) is 2. The Labute approximate surface area is 88.9 Å². The summed E-state index contributed by atoms with van der Waals surface area (Å²) in [6.45, 7) is 4.24. The zero-order valence-electron chi connectivity index (χ0n) is 9.20. The van der Waals surface area contributed by atoms with Crippen LogP contribution < -0.4 is 5.73 Å². The number of aliphatic hydroxyl groups excluding tert-OH is 1. The minimum absolute atomic E-state index is 0.0161. The lowest BCUT2D eigenvalue weighted by molar-refractivity contribution is 0.270. The van der Waals surface area contributed by atoms with Gasteiger partial charge in [0.25, 0.3) is 0 Å². The average Bonchev–Trinajstić information content (AvgIpc) is 2.47. The minimum atomic E-state index is -0.441. The number of anilines is 1. The lowest BCUT2D eigenvalue weighted by Gasteiger charge is -2.04. The molecule has 0 aromatic carbocycles. The second kappa shape index (κ2) is 5.11. The van der Waals surface area contributed by atoms with Crippen LogP contribution in [0.2, 0.25) is 0 Å². The summed E-state index contributed by atoms with van der Waals surface area (Å²) in [6.07, 6.45) is 1.57. The van der Waals surface area contributed by atoms with Crippen LogP contribution in [0.3, 0.4) is 0 Å². The average molecular weight is 215 g/mol. The highest BCUT2D eigenvalue weighted by Gasteiger charge is 2.16. The molecule has 0 saturated heterocycles. The van der Waals surface area contributed by atoms with Gasteiger partial charge in [0.15, 0.2) is 11.6 Å². The molecule has 0 radical (unpaired) electrons. The number of nitrogens with zero attached hydrogens (tertiary/aromatic N) is 2. The molecule has 1 aromatic rings. The predicted molar refractivity (Wildman–Crippen MR) is 56.8 cm³/mol. The van der Waals surface area contributed by atoms with E-state index in [2.05, 4.69) is 12.0 Å². The van der Waals surface area contributed by atoms with Gasteiger partial charge >= 0.3 is 0 Å². The minimum Gasteiger partial charge on any atom is -0.394 e. The molecule has 0 saturated carbocycles. The van der Waals surface area contributed by atoms with Gasteiger partial charge in [0.1, 0.15) is 5.69 Å². The number of nitrogens with two attached hydrogens (primary N) is 1. The zero-order chi connectivity index (χ0) is 11.4. The van der Waals surface area contributed by atoms with E-state index < -0.39 is 5.82 Å². The molecule has 0 aliphatic rings. The van der Waals surface area contributed by atoms with Crippen LogP contribution in [0, 0.1) is 11.7 Å². The summed E-state index contributed by atoms with van der Waals surface area (Å²) >= 11 is 0. The van der Waals surface area contributed by atoms with Crippen molar-refractivity contribution in [2.75, 3.05) is 12.3 Å². The highest BCUT2D eigenvalue weighted by molar-refractivity contribution is 5.33. The van der Waals surface area contributed by atoms with Crippen LogP contribution in [0.4, 0.5) is 10.2 Å². The summed E-state index contributed by atoms with van der Waals surface area (Å²) in [6, 6.07) is 0. The Morgan fingerprint density at radius 3 is 2.80 bits per heavy atom. The van der Waals surface area contributed by atoms with Crippen molar-refractivity contribution in [2.45, 2.75) is 33.2 Å². The predicted octanol–water partition coefficient (Wildman–Crippen LogP) is 1.19. The first-order valence-corrected chi connectivity index (χ1v) is 5.21. The molecule has 0 aliphatic carbocycles. The lowest BCUT2D eigenvalue weighted by Crippen LogP contribution is -2.08. The van der Waals surface area contributed by atoms with E-state index in [4.69, 9.17) is 10.8 Å². The third-order valence-corrected chi connectivity index (χ3v) is 2.55. The summed E-state index contributed by atoms with van der Waals surface area (Å²) in [5.41, 5.74) is 5.92. The number of rotatable bonds is 5. The molecule has 0 aliphatic heterocycles. The first-order valence-electron chi connectivity index (χ1n) is 5.21. The number of halogens is 1. The van der Waals surface area contributed by atoms with Crippen molar-refractivity contribution in [2.24, 2.45) is 5.92 Å². The van der Waals surface area contributed by atoms with Crippen molar-refractivity contribution in [3.8, 4) is 0 Å². The first kappa shape index (κ1) is 12.0. The van der Waals surface area contributed by atoms with Gasteiger partial charge in [0.05, 0.1) is 13.2 Å². The number of nitrogen functional groups attached to an aromatic ring is 1. The van der Waals surface area contributed by atoms with E-state index in [9.17, 15) is 4.39 Å². The summed E-state index contributed by atoms with van der Waals surface area (Å²) in [7, 11) is 0. The molecule has 0 bridgehead atoms. The Bertz CT molecular complexity index is 325. The fraction of sp³-hybridized carbons (Fsp3) is 0.700. The van der Waals surface area contributed by atoms with Crippen molar-refractivity contribution in [3.05, 3.63) is 11.5 Å². The summed E-state index contributed by atoms with van der Waals surface area (Å²) in [5, 5.41) is 12.8. The first-order chi connectivity index (χ1) is 7.10. The molecule has 3 N–H and O–H groups in total. The van der Waals surface area contributed by atoms with Crippen LogP contribution in [-0.2, 0) is 13.0 Å². The maximum Gasteiger partial charge on any atom is 0.188 e. The number of aliphatic hydroxyl groups is 1. The van der Waals surface area contributed by atoms with Crippen molar-refractivity contribution in [3.63, 3.8) is 0 Å². The lowest BCUT2D eigenvalue weighted by atomic mass is 10.0. The fourth-order valence-electron chi connectivity index (χ4n) is 1.37. The zero-order valence-corrected chi connectivity index (χ0v) is 9.20. The van der Waals surface area contributed by atoms with E-state index in [1.54, 1.807) is 0 Å². The van der Waals surface area contributed by atoms with Crippen molar-refractivity contribution >= 4 is 5.82 Å². The summed E-state index contributed by atoms with van der Waals surface area (Å²) in [5.74, 6) is -0.0394. The Balaban J connectivity index is 2.84. The second-order valence-electron chi connectivity index (χ2n) is 3.81. The van der Waals surface area contributed by atoms with Crippen LogP contribution in [0.25, 0.3) is 0 Å². The van der Waals surface area contributed by atoms with Gasteiger partial charge < -0.3 is 10.8 Å². The Kier molecular flexibility index (Phi) is 4.08. The Morgan fingerprint density at radius 1 is 1.60 bits per heavy atom. The molecule has 0 fully saturated rings. The molecule has 1 aromatic heterocycles. The van der Waals surface area contributed by atoms with E-state index in [1.807, 2.05) is 6.92 Å². The molecule has 5 heteroatoms. The molecule has 1 atom stereocenters. The van der Waals surface area contributed by atoms with Gasteiger partial charge in [-0.15, -0.1) is 0 Å². The van der Waals surface area contributed by atoms with E-state index in [-0.39, 0.29) is 19.0 Å². The molecule has 1 rings (SSSR count). The maximum atomic E-state index is 13.6. The molecular formula is C10H18FN3O. The molecule has 1 heterocycles. The van der Waals surface area contributed by atoms with Gasteiger partial charge in [0, 0.05) is 0 Å². The normalized spacial score (nSPS) is 13.1. The van der Waals surface area contributed by atoms with Crippen LogP contribution in [0.15, 0.2) is 0 Å². The number of hydrogen-bond acceptors (Lipinski definition) is 3. The van der Waals surface area contributed by atoms with Crippen LogP contribution in [0.5, 0.6) is 0 Å². The smallest absolute Gasteiger partial charge is 0.188 e. The van der Waals surface area contributed by atoms with Crippen molar-refractivity contribution in [1.82, 2.24) is 9.78 Å². The SMILES string of the molecule is CCC(C)Cc1nn(CCO)c(N)c1F. The monoisotopic (exact) mass is 215 g/mol. The van der Waals surface area contributed by atoms with Gasteiger partial charge in [-0.05, 0) is 12.3 Å². The van der Waals surface area contributed by atoms with Gasteiger partial charge in [-0.25, -0.2) is 9.07 Å². The largest absolute Gasteiger partial charge is 0.394 e. The Morgan fingerprint density at radius 2 is 2.27 bits per heavy atom. The van der Waals surface area contributed by atoms with E-state index in [0.29, 0.717) is 18.0 Å².